The van der Waals surface area contributed by atoms with Crippen LogP contribution in [-0.4, -0.2) is 42.4 Å². The molecule has 5 nitrogen and oxygen atoms in total. The first kappa shape index (κ1) is 20.3. The number of hydrogen-bond donors (Lipinski definition) is 0. The molecule has 0 N–H and O–H groups in total. The van der Waals surface area contributed by atoms with E-state index >= 15 is 0 Å². The maximum atomic E-state index is 13.1. The number of Topliss-reactive ketones (excluding diaryl/α,β-unsaturated/α-hetero) is 1. The van der Waals surface area contributed by atoms with Crippen molar-refractivity contribution in [2.45, 2.75) is 24.9 Å². The van der Waals surface area contributed by atoms with E-state index in [9.17, 15) is 9.59 Å². The summed E-state index contributed by atoms with van der Waals surface area (Å²) >= 11 is 18.4. The number of halogens is 3. The summed E-state index contributed by atoms with van der Waals surface area (Å²) in [5.74, 6) is 0.566. The van der Waals surface area contributed by atoms with Gasteiger partial charge in [0.1, 0.15) is 16.9 Å². The lowest BCUT2D eigenvalue weighted by Gasteiger charge is -2.44. The van der Waals surface area contributed by atoms with Gasteiger partial charge in [0.05, 0.1) is 29.1 Å². The fourth-order valence-corrected chi connectivity index (χ4v) is 4.59. The van der Waals surface area contributed by atoms with Crippen molar-refractivity contribution in [3.8, 4) is 11.5 Å². The minimum absolute atomic E-state index is 0.00748. The Balaban J connectivity index is 1.53. The first-order chi connectivity index (χ1) is 13.8. The molecule has 2 aliphatic rings. The van der Waals surface area contributed by atoms with E-state index < -0.39 is 5.60 Å². The Labute approximate surface area is 183 Å². The molecule has 1 fully saturated rings. The molecule has 2 aromatic carbocycles. The number of hydrogen-bond acceptors (Lipinski definition) is 4. The quantitative estimate of drug-likeness (QED) is 0.618. The zero-order chi connectivity index (χ0) is 20.8. The summed E-state index contributed by atoms with van der Waals surface area (Å²) in [6, 6.07) is 8.24. The van der Waals surface area contributed by atoms with Gasteiger partial charge in [-0.3, -0.25) is 9.59 Å². The molecule has 0 aliphatic carbocycles. The van der Waals surface area contributed by atoms with E-state index in [1.165, 1.54) is 7.11 Å². The van der Waals surface area contributed by atoms with Gasteiger partial charge in [-0.15, -0.1) is 0 Å². The molecule has 2 aromatic rings. The third kappa shape index (κ3) is 3.67. The van der Waals surface area contributed by atoms with Crippen LogP contribution in [0.3, 0.4) is 0 Å². The number of fused-ring (bicyclic) bond motifs is 1. The van der Waals surface area contributed by atoms with E-state index in [2.05, 4.69) is 0 Å². The standard InChI is InChI=1S/C21H18Cl3NO4/c1-28-19-15(24)4-3-14(23)18(19)20(27)25-8-6-21(7-9-25)11-16(26)13-10-12(22)2-5-17(13)29-21/h2-5,10H,6-9,11H2,1H3. The van der Waals surface area contributed by atoms with Gasteiger partial charge in [-0.1, -0.05) is 34.8 Å². The number of benzene rings is 2. The fraction of sp³-hybridized carbons (Fsp3) is 0.333. The summed E-state index contributed by atoms with van der Waals surface area (Å²) < 4.78 is 11.5. The highest BCUT2D eigenvalue weighted by Crippen LogP contribution is 2.41. The number of piperidine rings is 1. The molecule has 1 amide bonds. The van der Waals surface area contributed by atoms with Gasteiger partial charge in [0.15, 0.2) is 11.5 Å². The molecular weight excluding hydrogens is 437 g/mol. The Morgan fingerprint density at radius 2 is 1.79 bits per heavy atom. The van der Waals surface area contributed by atoms with Crippen molar-refractivity contribution in [1.82, 2.24) is 4.90 Å². The van der Waals surface area contributed by atoms with Gasteiger partial charge in [0.25, 0.3) is 5.91 Å². The van der Waals surface area contributed by atoms with Crippen molar-refractivity contribution in [3.05, 3.63) is 56.5 Å². The van der Waals surface area contributed by atoms with Crippen LogP contribution in [0.1, 0.15) is 40.0 Å². The lowest BCUT2D eigenvalue weighted by Crippen LogP contribution is -2.52. The maximum absolute atomic E-state index is 13.1. The Bertz CT molecular complexity index is 1000. The number of methoxy groups -OCH3 is 1. The molecule has 0 aromatic heterocycles. The highest BCUT2D eigenvalue weighted by atomic mass is 35.5. The smallest absolute Gasteiger partial charge is 0.259 e. The Morgan fingerprint density at radius 1 is 1.10 bits per heavy atom. The van der Waals surface area contributed by atoms with Crippen LogP contribution in [0.5, 0.6) is 11.5 Å². The topological polar surface area (TPSA) is 55.8 Å². The normalized spacial score (nSPS) is 17.7. The largest absolute Gasteiger partial charge is 0.494 e. The summed E-state index contributed by atoms with van der Waals surface area (Å²) in [4.78, 5) is 27.4. The minimum atomic E-state index is -0.614. The molecule has 0 radical (unpaired) electrons. The summed E-state index contributed by atoms with van der Waals surface area (Å²) in [6.07, 6.45) is 1.34. The highest BCUT2D eigenvalue weighted by Gasteiger charge is 2.44. The molecular formula is C21H18Cl3NO4. The number of likely N-dealkylation sites (tertiary alicyclic amines) is 1. The second-order valence-corrected chi connectivity index (χ2v) is 8.51. The number of nitrogens with zero attached hydrogens (tertiary/aromatic N) is 1. The fourth-order valence-electron chi connectivity index (χ4n) is 3.95. The van der Waals surface area contributed by atoms with E-state index in [4.69, 9.17) is 44.3 Å². The number of carbonyl (C=O) groups is 2. The first-order valence-corrected chi connectivity index (χ1v) is 10.3. The lowest BCUT2D eigenvalue weighted by molar-refractivity contribution is -0.00575. The minimum Gasteiger partial charge on any atom is -0.494 e. The molecule has 1 spiro atoms. The van der Waals surface area contributed by atoms with E-state index in [1.807, 2.05) is 0 Å². The first-order valence-electron chi connectivity index (χ1n) is 9.16. The number of rotatable bonds is 2. The predicted molar refractivity (Wildman–Crippen MR) is 112 cm³/mol. The van der Waals surface area contributed by atoms with Gasteiger partial charge in [-0.05, 0) is 30.3 Å². The van der Waals surface area contributed by atoms with Crippen LogP contribution >= 0.6 is 34.8 Å². The van der Waals surface area contributed by atoms with Crippen LogP contribution < -0.4 is 9.47 Å². The average Bonchev–Trinajstić information content (AvgIpc) is 2.70. The van der Waals surface area contributed by atoms with Gasteiger partial charge >= 0.3 is 0 Å². The van der Waals surface area contributed by atoms with Gasteiger partial charge in [-0.25, -0.2) is 0 Å². The highest BCUT2D eigenvalue weighted by molar-refractivity contribution is 6.37. The van der Waals surface area contributed by atoms with E-state index in [-0.39, 0.29) is 34.4 Å². The molecule has 0 unspecified atom stereocenters. The van der Waals surface area contributed by atoms with Crippen LogP contribution in [0.15, 0.2) is 30.3 Å². The maximum Gasteiger partial charge on any atom is 0.259 e. The molecule has 0 atom stereocenters. The number of ether oxygens (including phenoxy) is 2. The second-order valence-electron chi connectivity index (χ2n) is 7.26. The van der Waals surface area contributed by atoms with E-state index in [0.717, 1.165) is 0 Å². The van der Waals surface area contributed by atoms with E-state index in [1.54, 1.807) is 35.2 Å². The van der Waals surface area contributed by atoms with Gasteiger partial charge in [0, 0.05) is 31.0 Å². The van der Waals surface area contributed by atoms with Crippen molar-refractivity contribution in [2.24, 2.45) is 0 Å². The van der Waals surface area contributed by atoms with Crippen molar-refractivity contribution in [3.63, 3.8) is 0 Å². The van der Waals surface area contributed by atoms with Crippen LogP contribution in [0.4, 0.5) is 0 Å². The molecule has 0 saturated carbocycles. The number of carbonyl (C=O) groups excluding carboxylic acids is 2. The molecule has 152 valence electrons. The van der Waals surface area contributed by atoms with Crippen molar-refractivity contribution >= 4 is 46.5 Å². The second kappa shape index (κ2) is 7.71. The van der Waals surface area contributed by atoms with Crippen LogP contribution in [0.25, 0.3) is 0 Å². The van der Waals surface area contributed by atoms with Crippen molar-refractivity contribution in [1.29, 1.82) is 0 Å². The van der Waals surface area contributed by atoms with Gasteiger partial charge in [-0.2, -0.15) is 0 Å². The summed E-state index contributed by atoms with van der Waals surface area (Å²) in [5, 5.41) is 1.11. The molecule has 29 heavy (non-hydrogen) atoms. The average molecular weight is 455 g/mol. The molecule has 1 saturated heterocycles. The van der Waals surface area contributed by atoms with Crippen LogP contribution in [0, 0.1) is 0 Å². The van der Waals surface area contributed by atoms with E-state index in [0.29, 0.717) is 47.3 Å². The SMILES string of the molecule is COc1c(Cl)ccc(Cl)c1C(=O)N1CCC2(CC1)CC(=O)c1cc(Cl)ccc1O2. The zero-order valence-corrected chi connectivity index (χ0v) is 17.9. The Kier molecular flexibility index (Phi) is 5.40. The molecule has 4 rings (SSSR count). The molecule has 8 heteroatoms. The van der Waals surface area contributed by atoms with Crippen LogP contribution in [-0.2, 0) is 0 Å². The molecule has 0 bridgehead atoms. The Hall–Kier alpha value is -1.95. The molecule has 2 heterocycles. The predicted octanol–water partition coefficient (Wildman–Crippen LogP) is 5.30. The summed E-state index contributed by atoms with van der Waals surface area (Å²) in [5.41, 5.74) is 0.145. The summed E-state index contributed by atoms with van der Waals surface area (Å²) in [7, 11) is 1.45. The lowest BCUT2D eigenvalue weighted by atomic mass is 9.82. The van der Waals surface area contributed by atoms with Crippen molar-refractivity contribution < 1.29 is 19.1 Å². The van der Waals surface area contributed by atoms with Gasteiger partial charge < -0.3 is 14.4 Å². The zero-order valence-electron chi connectivity index (χ0n) is 15.6. The van der Waals surface area contributed by atoms with Crippen molar-refractivity contribution in [2.75, 3.05) is 20.2 Å². The van der Waals surface area contributed by atoms with Gasteiger partial charge in [0.2, 0.25) is 0 Å². The number of amides is 1. The Morgan fingerprint density at radius 3 is 2.48 bits per heavy atom. The third-order valence-corrected chi connectivity index (χ3v) is 6.34. The summed E-state index contributed by atoms with van der Waals surface area (Å²) in [6.45, 7) is 0.863. The number of ketones is 1. The third-order valence-electron chi connectivity index (χ3n) is 5.49. The van der Waals surface area contributed by atoms with Crippen LogP contribution in [0.2, 0.25) is 15.1 Å². The monoisotopic (exact) mass is 453 g/mol. The molecule has 2 aliphatic heterocycles.